The third kappa shape index (κ3) is 4.92. The molecule has 1 aliphatic heterocycles. The van der Waals surface area contributed by atoms with Crippen LogP contribution in [0.3, 0.4) is 0 Å². The standard InChI is InChI=1S/C18H30N2/c1-3-6-16-9-5-11-20(12-10-16)15-18-8-4-7-17(13-18)14-19-2/h4,7-8,13,16,19H,3,5-6,9-12,14-15H2,1-2H3. The molecule has 1 heterocycles. The first-order valence-electron chi connectivity index (χ1n) is 8.26. The molecule has 0 aliphatic carbocycles. The van der Waals surface area contributed by atoms with Gasteiger partial charge in [-0.1, -0.05) is 44.0 Å². The molecular formula is C18H30N2. The van der Waals surface area contributed by atoms with E-state index in [1.54, 1.807) is 0 Å². The fourth-order valence-corrected chi connectivity index (χ4v) is 3.38. The van der Waals surface area contributed by atoms with Crippen LogP contribution in [0, 0.1) is 5.92 Å². The first-order chi connectivity index (χ1) is 9.81. The Bertz CT molecular complexity index is 389. The average Bonchev–Trinajstić information content (AvgIpc) is 2.66. The van der Waals surface area contributed by atoms with Gasteiger partial charge in [-0.15, -0.1) is 0 Å². The molecule has 1 aliphatic rings. The van der Waals surface area contributed by atoms with Crippen molar-refractivity contribution in [3.63, 3.8) is 0 Å². The summed E-state index contributed by atoms with van der Waals surface area (Å²) in [6.07, 6.45) is 6.97. The minimum absolute atomic E-state index is 0.965. The Hall–Kier alpha value is -0.860. The van der Waals surface area contributed by atoms with E-state index in [2.05, 4.69) is 41.4 Å². The topological polar surface area (TPSA) is 15.3 Å². The lowest BCUT2D eigenvalue weighted by atomic mass is 9.96. The second-order valence-electron chi connectivity index (χ2n) is 6.21. The predicted octanol–water partition coefficient (Wildman–Crippen LogP) is 3.81. The van der Waals surface area contributed by atoms with Gasteiger partial charge in [0.15, 0.2) is 0 Å². The second-order valence-corrected chi connectivity index (χ2v) is 6.21. The van der Waals surface area contributed by atoms with Crippen LogP contribution in [0.1, 0.15) is 50.2 Å². The highest BCUT2D eigenvalue weighted by atomic mass is 15.1. The maximum atomic E-state index is 3.23. The summed E-state index contributed by atoms with van der Waals surface area (Å²) < 4.78 is 0. The van der Waals surface area contributed by atoms with Crippen molar-refractivity contribution in [2.45, 2.75) is 52.1 Å². The molecule has 0 radical (unpaired) electrons. The summed E-state index contributed by atoms with van der Waals surface area (Å²) in [7, 11) is 2.01. The third-order valence-corrected chi connectivity index (χ3v) is 4.42. The van der Waals surface area contributed by atoms with Gasteiger partial charge in [-0.05, 0) is 56.4 Å². The molecule has 0 spiro atoms. The van der Waals surface area contributed by atoms with Crippen molar-refractivity contribution in [1.29, 1.82) is 0 Å². The van der Waals surface area contributed by atoms with E-state index in [0.29, 0.717) is 0 Å². The molecule has 1 N–H and O–H groups in total. The van der Waals surface area contributed by atoms with Crippen LogP contribution in [0.2, 0.25) is 0 Å². The number of hydrogen-bond donors (Lipinski definition) is 1. The Morgan fingerprint density at radius 2 is 2.05 bits per heavy atom. The highest BCUT2D eigenvalue weighted by Gasteiger charge is 2.16. The largest absolute Gasteiger partial charge is 0.316 e. The summed E-state index contributed by atoms with van der Waals surface area (Å²) in [5.74, 6) is 0.973. The Kier molecular flexibility index (Phi) is 6.55. The number of likely N-dealkylation sites (tertiary alicyclic amines) is 1. The molecule has 0 bridgehead atoms. The Morgan fingerprint density at radius 3 is 2.85 bits per heavy atom. The molecule has 2 rings (SSSR count). The zero-order valence-corrected chi connectivity index (χ0v) is 13.2. The van der Waals surface area contributed by atoms with E-state index >= 15 is 0 Å². The molecule has 1 saturated heterocycles. The van der Waals surface area contributed by atoms with Crippen LogP contribution in [-0.4, -0.2) is 25.0 Å². The van der Waals surface area contributed by atoms with E-state index < -0.39 is 0 Å². The van der Waals surface area contributed by atoms with Crippen molar-refractivity contribution in [3.05, 3.63) is 35.4 Å². The second kappa shape index (κ2) is 8.43. The van der Waals surface area contributed by atoms with Gasteiger partial charge in [-0.25, -0.2) is 0 Å². The summed E-state index contributed by atoms with van der Waals surface area (Å²) in [6, 6.07) is 9.03. The quantitative estimate of drug-likeness (QED) is 0.848. The van der Waals surface area contributed by atoms with Crippen LogP contribution in [0.4, 0.5) is 0 Å². The zero-order chi connectivity index (χ0) is 14.2. The van der Waals surface area contributed by atoms with E-state index in [4.69, 9.17) is 0 Å². The molecule has 0 amide bonds. The molecule has 0 aromatic heterocycles. The molecule has 1 unspecified atom stereocenters. The SMILES string of the molecule is CCCC1CCCN(Cc2cccc(CNC)c2)CC1. The fourth-order valence-electron chi connectivity index (χ4n) is 3.38. The molecule has 2 nitrogen and oxygen atoms in total. The van der Waals surface area contributed by atoms with Crippen LogP contribution in [0.25, 0.3) is 0 Å². The normalized spacial score (nSPS) is 20.8. The number of nitrogens with one attached hydrogen (secondary N) is 1. The van der Waals surface area contributed by atoms with E-state index in [1.807, 2.05) is 7.05 Å². The Balaban J connectivity index is 1.88. The van der Waals surface area contributed by atoms with Gasteiger partial charge in [0, 0.05) is 13.1 Å². The Morgan fingerprint density at radius 1 is 1.20 bits per heavy atom. The maximum Gasteiger partial charge on any atom is 0.0233 e. The highest BCUT2D eigenvalue weighted by Crippen LogP contribution is 2.23. The minimum Gasteiger partial charge on any atom is -0.316 e. The summed E-state index contributed by atoms with van der Waals surface area (Å²) in [4.78, 5) is 2.65. The molecule has 1 atom stereocenters. The van der Waals surface area contributed by atoms with Crippen molar-refractivity contribution < 1.29 is 0 Å². The molecule has 1 aromatic rings. The van der Waals surface area contributed by atoms with Gasteiger partial charge >= 0.3 is 0 Å². The van der Waals surface area contributed by atoms with Crippen molar-refractivity contribution in [3.8, 4) is 0 Å². The van der Waals surface area contributed by atoms with Gasteiger partial charge in [-0.3, -0.25) is 4.90 Å². The minimum atomic E-state index is 0.965. The van der Waals surface area contributed by atoms with Gasteiger partial charge < -0.3 is 5.32 Å². The molecular weight excluding hydrogens is 244 g/mol. The lowest BCUT2D eigenvalue weighted by Gasteiger charge is -2.20. The number of nitrogens with zero attached hydrogens (tertiary/aromatic N) is 1. The highest BCUT2D eigenvalue weighted by molar-refractivity contribution is 5.23. The number of rotatable bonds is 6. The van der Waals surface area contributed by atoms with E-state index in [1.165, 1.54) is 56.3 Å². The van der Waals surface area contributed by atoms with Gasteiger partial charge in [0.1, 0.15) is 0 Å². The smallest absolute Gasteiger partial charge is 0.0233 e. The summed E-state index contributed by atoms with van der Waals surface area (Å²) in [5.41, 5.74) is 2.86. The maximum absolute atomic E-state index is 3.23. The van der Waals surface area contributed by atoms with Crippen LogP contribution in [-0.2, 0) is 13.1 Å². The van der Waals surface area contributed by atoms with Crippen LogP contribution in [0.5, 0.6) is 0 Å². The summed E-state index contributed by atoms with van der Waals surface area (Å²) >= 11 is 0. The molecule has 112 valence electrons. The van der Waals surface area contributed by atoms with E-state index in [0.717, 1.165) is 19.0 Å². The van der Waals surface area contributed by atoms with Gasteiger partial charge in [0.05, 0.1) is 0 Å². The zero-order valence-electron chi connectivity index (χ0n) is 13.2. The van der Waals surface area contributed by atoms with Crippen molar-refractivity contribution >= 4 is 0 Å². The summed E-state index contributed by atoms with van der Waals surface area (Å²) in [5, 5.41) is 3.23. The number of hydrogen-bond acceptors (Lipinski definition) is 2. The van der Waals surface area contributed by atoms with Crippen LogP contribution in [0.15, 0.2) is 24.3 Å². The van der Waals surface area contributed by atoms with Crippen molar-refractivity contribution in [2.24, 2.45) is 5.92 Å². The van der Waals surface area contributed by atoms with Crippen LogP contribution < -0.4 is 5.32 Å². The first-order valence-corrected chi connectivity index (χ1v) is 8.26. The van der Waals surface area contributed by atoms with E-state index in [9.17, 15) is 0 Å². The summed E-state index contributed by atoms with van der Waals surface area (Å²) in [6.45, 7) is 6.95. The lowest BCUT2D eigenvalue weighted by Crippen LogP contribution is -2.24. The fraction of sp³-hybridized carbons (Fsp3) is 0.667. The van der Waals surface area contributed by atoms with Crippen LogP contribution >= 0.6 is 0 Å². The Labute approximate surface area is 124 Å². The third-order valence-electron chi connectivity index (χ3n) is 4.42. The average molecular weight is 274 g/mol. The molecule has 1 fully saturated rings. The molecule has 2 heteroatoms. The van der Waals surface area contributed by atoms with Crippen molar-refractivity contribution in [1.82, 2.24) is 10.2 Å². The lowest BCUT2D eigenvalue weighted by molar-refractivity contribution is 0.271. The number of benzene rings is 1. The molecule has 0 saturated carbocycles. The van der Waals surface area contributed by atoms with Crippen molar-refractivity contribution in [2.75, 3.05) is 20.1 Å². The van der Waals surface area contributed by atoms with Gasteiger partial charge in [0.2, 0.25) is 0 Å². The van der Waals surface area contributed by atoms with E-state index in [-0.39, 0.29) is 0 Å². The molecule has 1 aromatic carbocycles. The monoisotopic (exact) mass is 274 g/mol. The predicted molar refractivity (Wildman–Crippen MR) is 86.7 cm³/mol. The first kappa shape index (κ1) is 15.5. The van der Waals surface area contributed by atoms with Gasteiger partial charge in [0.25, 0.3) is 0 Å². The molecule has 20 heavy (non-hydrogen) atoms. The van der Waals surface area contributed by atoms with Gasteiger partial charge in [-0.2, -0.15) is 0 Å².